The third kappa shape index (κ3) is 4.11. The van der Waals surface area contributed by atoms with Gasteiger partial charge in [0.15, 0.2) is 0 Å². The van der Waals surface area contributed by atoms with E-state index in [1.807, 2.05) is 0 Å². The van der Waals surface area contributed by atoms with E-state index in [9.17, 15) is 0 Å². The van der Waals surface area contributed by atoms with Crippen LogP contribution in [0.25, 0.3) is 12.2 Å². The molecular weight excluding hydrogens is 302 g/mol. The SMILES string of the molecule is C(=C\C1CCC2CCC/C(=C\c3ccccc3)C2N1)/c1ccccc1. The maximum atomic E-state index is 3.94. The molecule has 1 heterocycles. The van der Waals surface area contributed by atoms with E-state index < -0.39 is 0 Å². The Morgan fingerprint density at radius 2 is 1.52 bits per heavy atom. The van der Waals surface area contributed by atoms with Crippen LogP contribution in [0.2, 0.25) is 0 Å². The van der Waals surface area contributed by atoms with Crippen molar-refractivity contribution in [1.29, 1.82) is 0 Å². The van der Waals surface area contributed by atoms with Crippen LogP contribution in [0.4, 0.5) is 0 Å². The van der Waals surface area contributed by atoms with Crippen molar-refractivity contribution in [2.45, 2.75) is 44.2 Å². The fraction of sp³-hybridized carbons (Fsp3) is 0.333. The highest BCUT2D eigenvalue weighted by Gasteiger charge is 2.33. The van der Waals surface area contributed by atoms with Crippen LogP contribution in [0.15, 0.2) is 72.3 Å². The molecule has 0 radical (unpaired) electrons. The Balaban J connectivity index is 1.49. The van der Waals surface area contributed by atoms with Crippen molar-refractivity contribution in [3.05, 3.63) is 83.4 Å². The number of hydrogen-bond acceptors (Lipinski definition) is 1. The average Bonchev–Trinajstić information content (AvgIpc) is 2.68. The molecule has 1 heteroatoms. The highest BCUT2D eigenvalue weighted by molar-refractivity contribution is 5.55. The number of rotatable bonds is 3. The van der Waals surface area contributed by atoms with Crippen LogP contribution in [0, 0.1) is 5.92 Å². The Labute approximate surface area is 151 Å². The second-order valence-electron chi connectivity index (χ2n) is 7.38. The topological polar surface area (TPSA) is 12.0 Å². The summed E-state index contributed by atoms with van der Waals surface area (Å²) in [5.41, 5.74) is 4.22. The van der Waals surface area contributed by atoms with Crippen molar-refractivity contribution in [3.8, 4) is 0 Å². The number of nitrogens with one attached hydrogen (secondary N) is 1. The number of hydrogen-bond donors (Lipinski definition) is 1. The second-order valence-corrected chi connectivity index (χ2v) is 7.38. The monoisotopic (exact) mass is 329 g/mol. The van der Waals surface area contributed by atoms with E-state index in [1.165, 1.54) is 43.2 Å². The third-order valence-corrected chi connectivity index (χ3v) is 5.63. The normalized spacial score (nSPS) is 28.2. The van der Waals surface area contributed by atoms with Gasteiger partial charge in [-0.05, 0) is 49.1 Å². The Morgan fingerprint density at radius 1 is 0.800 bits per heavy atom. The van der Waals surface area contributed by atoms with Gasteiger partial charge in [0.25, 0.3) is 0 Å². The molecule has 3 unspecified atom stereocenters. The van der Waals surface area contributed by atoms with Crippen molar-refractivity contribution < 1.29 is 0 Å². The summed E-state index contributed by atoms with van der Waals surface area (Å²) in [6.07, 6.45) is 13.6. The van der Waals surface area contributed by atoms with Gasteiger partial charge in [-0.3, -0.25) is 0 Å². The molecule has 1 N–H and O–H groups in total. The summed E-state index contributed by atoms with van der Waals surface area (Å²) in [6, 6.07) is 22.4. The Morgan fingerprint density at radius 3 is 2.28 bits per heavy atom. The number of fused-ring (bicyclic) bond motifs is 1. The van der Waals surface area contributed by atoms with Gasteiger partial charge in [-0.15, -0.1) is 0 Å². The molecule has 0 amide bonds. The molecule has 2 aromatic rings. The average molecular weight is 329 g/mol. The molecule has 1 saturated carbocycles. The predicted octanol–water partition coefficient (Wildman–Crippen LogP) is 5.70. The minimum absolute atomic E-state index is 0.485. The summed E-state index contributed by atoms with van der Waals surface area (Å²) in [6.45, 7) is 0. The van der Waals surface area contributed by atoms with Crippen LogP contribution in [0.5, 0.6) is 0 Å². The predicted molar refractivity (Wildman–Crippen MR) is 107 cm³/mol. The fourth-order valence-corrected chi connectivity index (χ4v) is 4.32. The van der Waals surface area contributed by atoms with Gasteiger partial charge < -0.3 is 5.32 Å². The maximum absolute atomic E-state index is 3.94. The minimum atomic E-state index is 0.485. The van der Waals surface area contributed by atoms with E-state index in [4.69, 9.17) is 0 Å². The van der Waals surface area contributed by atoms with Gasteiger partial charge in [-0.25, -0.2) is 0 Å². The van der Waals surface area contributed by atoms with Crippen LogP contribution in [0.1, 0.15) is 43.2 Å². The van der Waals surface area contributed by atoms with Crippen molar-refractivity contribution in [2.24, 2.45) is 5.92 Å². The first-order chi connectivity index (χ1) is 12.4. The van der Waals surface area contributed by atoms with Crippen molar-refractivity contribution in [2.75, 3.05) is 0 Å². The van der Waals surface area contributed by atoms with Crippen LogP contribution in [0.3, 0.4) is 0 Å². The summed E-state index contributed by atoms with van der Waals surface area (Å²) < 4.78 is 0. The molecular formula is C24H27N. The van der Waals surface area contributed by atoms with Gasteiger partial charge in [0, 0.05) is 12.1 Å². The summed E-state index contributed by atoms with van der Waals surface area (Å²) >= 11 is 0. The Bertz CT molecular complexity index is 729. The molecule has 0 bridgehead atoms. The van der Waals surface area contributed by atoms with E-state index in [1.54, 1.807) is 5.57 Å². The number of piperidine rings is 1. The summed E-state index contributed by atoms with van der Waals surface area (Å²) in [7, 11) is 0. The second kappa shape index (κ2) is 7.84. The lowest BCUT2D eigenvalue weighted by Crippen LogP contribution is -2.49. The summed E-state index contributed by atoms with van der Waals surface area (Å²) in [5.74, 6) is 0.810. The first kappa shape index (κ1) is 16.4. The molecule has 2 aromatic carbocycles. The lowest BCUT2D eigenvalue weighted by Gasteiger charge is -2.41. The zero-order chi connectivity index (χ0) is 16.9. The first-order valence-electron chi connectivity index (χ1n) is 9.63. The summed E-state index contributed by atoms with van der Waals surface area (Å²) in [5, 5.41) is 3.94. The lowest BCUT2D eigenvalue weighted by atomic mass is 9.74. The Kier molecular flexibility index (Phi) is 5.13. The standard InChI is InChI=1S/C24H27N/c1-3-8-19(9-4-1)14-16-23-17-15-21-12-7-13-22(24(21)25-23)18-20-10-5-2-6-11-20/h1-6,8-11,14,16,18,21,23-25H,7,12-13,15,17H2/b16-14+,22-18+. The van der Waals surface area contributed by atoms with Crippen molar-refractivity contribution in [3.63, 3.8) is 0 Å². The zero-order valence-electron chi connectivity index (χ0n) is 14.8. The molecule has 2 aliphatic rings. The van der Waals surface area contributed by atoms with Crippen molar-refractivity contribution in [1.82, 2.24) is 5.32 Å². The smallest absolute Gasteiger partial charge is 0.0316 e. The molecule has 1 saturated heterocycles. The van der Waals surface area contributed by atoms with Gasteiger partial charge in [0.05, 0.1) is 0 Å². The minimum Gasteiger partial charge on any atom is -0.304 e. The first-order valence-corrected chi connectivity index (χ1v) is 9.63. The molecule has 1 aliphatic carbocycles. The number of benzene rings is 2. The fourth-order valence-electron chi connectivity index (χ4n) is 4.32. The molecule has 0 aromatic heterocycles. The largest absolute Gasteiger partial charge is 0.304 e. The van der Waals surface area contributed by atoms with E-state index in [2.05, 4.69) is 84.2 Å². The molecule has 25 heavy (non-hydrogen) atoms. The Hall–Kier alpha value is -2.12. The van der Waals surface area contributed by atoms with E-state index in [0.29, 0.717) is 12.1 Å². The van der Waals surface area contributed by atoms with Crippen LogP contribution >= 0.6 is 0 Å². The lowest BCUT2D eigenvalue weighted by molar-refractivity contribution is 0.237. The molecule has 4 rings (SSSR count). The van der Waals surface area contributed by atoms with Gasteiger partial charge in [-0.2, -0.15) is 0 Å². The summed E-state index contributed by atoms with van der Waals surface area (Å²) in [4.78, 5) is 0. The molecule has 0 spiro atoms. The molecule has 2 fully saturated rings. The molecule has 1 aliphatic heterocycles. The third-order valence-electron chi connectivity index (χ3n) is 5.63. The van der Waals surface area contributed by atoms with E-state index in [-0.39, 0.29) is 0 Å². The van der Waals surface area contributed by atoms with Gasteiger partial charge >= 0.3 is 0 Å². The van der Waals surface area contributed by atoms with E-state index in [0.717, 1.165) is 5.92 Å². The molecule has 3 atom stereocenters. The molecule has 1 nitrogen and oxygen atoms in total. The van der Waals surface area contributed by atoms with Crippen LogP contribution in [-0.4, -0.2) is 12.1 Å². The van der Waals surface area contributed by atoms with Crippen LogP contribution in [-0.2, 0) is 0 Å². The highest BCUT2D eigenvalue weighted by Crippen LogP contribution is 2.36. The molecule has 128 valence electrons. The zero-order valence-corrected chi connectivity index (χ0v) is 14.8. The maximum Gasteiger partial charge on any atom is 0.0316 e. The van der Waals surface area contributed by atoms with Gasteiger partial charge in [-0.1, -0.05) is 84.5 Å². The van der Waals surface area contributed by atoms with E-state index >= 15 is 0 Å². The van der Waals surface area contributed by atoms with Gasteiger partial charge in [0.1, 0.15) is 0 Å². The highest BCUT2D eigenvalue weighted by atomic mass is 15.0. The van der Waals surface area contributed by atoms with Gasteiger partial charge in [0.2, 0.25) is 0 Å². The van der Waals surface area contributed by atoms with Crippen LogP contribution < -0.4 is 5.32 Å². The quantitative estimate of drug-likeness (QED) is 0.761. The van der Waals surface area contributed by atoms with Crippen molar-refractivity contribution >= 4 is 12.2 Å².